The summed E-state index contributed by atoms with van der Waals surface area (Å²) in [5.41, 5.74) is 3.32. The molecule has 3 rings (SSSR count). The van der Waals surface area contributed by atoms with E-state index >= 15 is 0 Å². The molecule has 0 amide bonds. The minimum absolute atomic E-state index is 0.124. The molecule has 1 aromatic carbocycles. The molecule has 1 fully saturated rings. The van der Waals surface area contributed by atoms with Crippen LogP contribution < -0.4 is 4.74 Å². The molecule has 3 nitrogen and oxygen atoms in total. The number of aromatic nitrogens is 1. The van der Waals surface area contributed by atoms with Crippen molar-refractivity contribution in [2.45, 2.75) is 122 Å². The minimum atomic E-state index is -0.124. The summed E-state index contributed by atoms with van der Waals surface area (Å²) in [5.74, 6) is 1.50. The Balaban J connectivity index is 1.28. The highest BCUT2D eigenvalue weighted by Gasteiger charge is 2.14. The van der Waals surface area contributed by atoms with E-state index < -0.39 is 0 Å². The third-order valence-corrected chi connectivity index (χ3v) is 7.49. The van der Waals surface area contributed by atoms with E-state index in [0.717, 1.165) is 36.4 Å². The molecule has 1 aromatic heterocycles. The molecule has 0 radical (unpaired) electrons. The van der Waals surface area contributed by atoms with Crippen LogP contribution in [0.2, 0.25) is 0 Å². The molecule has 0 bridgehead atoms. The first-order valence-electron chi connectivity index (χ1n) is 14.5. The zero-order chi connectivity index (χ0) is 24.6. The SMILES string of the molecule is CCCCCCCCc1ccc(-c2ccc(OC(=O)CCCCCCCC3CCCC3)cc2)nc1. The zero-order valence-corrected chi connectivity index (χ0v) is 22.1. The molecule has 0 saturated heterocycles. The predicted octanol–water partition coefficient (Wildman–Crippen LogP) is 9.48. The van der Waals surface area contributed by atoms with Crippen LogP contribution in [0.5, 0.6) is 5.75 Å². The fourth-order valence-corrected chi connectivity index (χ4v) is 5.26. The van der Waals surface area contributed by atoms with Crippen LogP contribution in [-0.2, 0) is 11.2 Å². The van der Waals surface area contributed by atoms with Gasteiger partial charge in [-0.25, -0.2) is 0 Å². The molecule has 0 atom stereocenters. The highest BCUT2D eigenvalue weighted by Crippen LogP contribution is 2.29. The van der Waals surface area contributed by atoms with Crippen molar-refractivity contribution in [3.63, 3.8) is 0 Å². The second kappa shape index (κ2) is 16.5. The molecular formula is C32H47NO2. The first-order chi connectivity index (χ1) is 17.2. The monoisotopic (exact) mass is 477 g/mol. The van der Waals surface area contributed by atoms with Crippen LogP contribution in [0.4, 0.5) is 0 Å². The Labute approximate surface area is 214 Å². The number of nitrogens with zero attached hydrogens (tertiary/aromatic N) is 1. The van der Waals surface area contributed by atoms with Crippen LogP contribution in [0.3, 0.4) is 0 Å². The zero-order valence-electron chi connectivity index (χ0n) is 22.1. The second-order valence-corrected chi connectivity index (χ2v) is 10.5. The van der Waals surface area contributed by atoms with Gasteiger partial charge >= 0.3 is 5.97 Å². The van der Waals surface area contributed by atoms with Gasteiger partial charge < -0.3 is 4.74 Å². The van der Waals surface area contributed by atoms with Gasteiger partial charge in [-0.3, -0.25) is 9.78 Å². The van der Waals surface area contributed by atoms with Crippen molar-refractivity contribution < 1.29 is 9.53 Å². The molecule has 35 heavy (non-hydrogen) atoms. The molecule has 0 aliphatic heterocycles. The van der Waals surface area contributed by atoms with Crippen LogP contribution >= 0.6 is 0 Å². The number of carbonyl (C=O) groups is 1. The Morgan fingerprint density at radius 1 is 0.829 bits per heavy atom. The van der Waals surface area contributed by atoms with E-state index in [-0.39, 0.29) is 5.97 Å². The summed E-state index contributed by atoms with van der Waals surface area (Å²) >= 11 is 0. The lowest BCUT2D eigenvalue weighted by molar-refractivity contribution is -0.134. The summed E-state index contributed by atoms with van der Waals surface area (Å²) in [6, 6.07) is 12.0. The van der Waals surface area contributed by atoms with Gasteiger partial charge in [-0.15, -0.1) is 0 Å². The summed E-state index contributed by atoms with van der Waals surface area (Å²) in [5, 5.41) is 0. The smallest absolute Gasteiger partial charge is 0.311 e. The van der Waals surface area contributed by atoms with Crippen molar-refractivity contribution in [1.82, 2.24) is 4.98 Å². The van der Waals surface area contributed by atoms with Crippen LogP contribution in [-0.4, -0.2) is 11.0 Å². The van der Waals surface area contributed by atoms with Gasteiger partial charge in [0.2, 0.25) is 0 Å². The Morgan fingerprint density at radius 3 is 2.23 bits per heavy atom. The minimum Gasteiger partial charge on any atom is -0.427 e. The standard InChI is InChI=1S/C32H47NO2/c1-2-3-4-5-7-11-18-28-20-25-31(33-26-28)29-21-23-30(24-22-29)35-32(34)19-12-9-6-8-10-15-27-16-13-14-17-27/h20-27H,2-19H2,1H3. The lowest BCUT2D eigenvalue weighted by atomic mass is 9.99. The van der Waals surface area contributed by atoms with Gasteiger partial charge in [-0.05, 0) is 61.1 Å². The number of pyridine rings is 1. The number of aryl methyl sites for hydroxylation is 1. The molecular weight excluding hydrogens is 430 g/mol. The van der Waals surface area contributed by atoms with Crippen molar-refractivity contribution in [2.75, 3.05) is 0 Å². The second-order valence-electron chi connectivity index (χ2n) is 10.5. The van der Waals surface area contributed by atoms with E-state index in [1.807, 2.05) is 30.5 Å². The summed E-state index contributed by atoms with van der Waals surface area (Å²) in [4.78, 5) is 16.8. The molecule has 1 saturated carbocycles. The van der Waals surface area contributed by atoms with E-state index in [4.69, 9.17) is 4.74 Å². The summed E-state index contributed by atoms with van der Waals surface area (Å²) in [6.45, 7) is 2.26. The molecule has 192 valence electrons. The van der Waals surface area contributed by atoms with E-state index in [0.29, 0.717) is 12.2 Å². The van der Waals surface area contributed by atoms with Crippen LogP contribution in [0.1, 0.15) is 122 Å². The normalized spacial score (nSPS) is 13.9. The average molecular weight is 478 g/mol. The number of esters is 1. The van der Waals surface area contributed by atoms with Crippen molar-refractivity contribution in [3.05, 3.63) is 48.2 Å². The topological polar surface area (TPSA) is 39.2 Å². The highest BCUT2D eigenvalue weighted by atomic mass is 16.5. The first-order valence-corrected chi connectivity index (χ1v) is 14.5. The van der Waals surface area contributed by atoms with E-state index in [1.54, 1.807) is 0 Å². The fraction of sp³-hybridized carbons (Fsp3) is 0.625. The molecule has 2 aromatic rings. The highest BCUT2D eigenvalue weighted by molar-refractivity contribution is 5.72. The van der Waals surface area contributed by atoms with Gasteiger partial charge in [0, 0.05) is 18.2 Å². The predicted molar refractivity (Wildman–Crippen MR) is 147 cm³/mol. The van der Waals surface area contributed by atoms with Crippen molar-refractivity contribution in [1.29, 1.82) is 0 Å². The molecule has 0 unspecified atom stereocenters. The molecule has 1 aliphatic carbocycles. The number of hydrogen-bond donors (Lipinski definition) is 0. The quantitative estimate of drug-likeness (QED) is 0.129. The van der Waals surface area contributed by atoms with E-state index in [2.05, 4.69) is 24.0 Å². The van der Waals surface area contributed by atoms with Crippen LogP contribution in [0, 0.1) is 5.92 Å². The Bertz CT molecular complexity index is 822. The maximum Gasteiger partial charge on any atom is 0.311 e. The van der Waals surface area contributed by atoms with Crippen LogP contribution in [0.15, 0.2) is 42.6 Å². The van der Waals surface area contributed by atoms with E-state index in [1.165, 1.54) is 95.5 Å². The number of carbonyl (C=O) groups excluding carboxylic acids is 1. The summed E-state index contributed by atoms with van der Waals surface area (Å²) in [6.07, 6.45) is 24.7. The van der Waals surface area contributed by atoms with Crippen molar-refractivity contribution >= 4 is 5.97 Å². The van der Waals surface area contributed by atoms with Gasteiger partial charge in [0.05, 0.1) is 5.69 Å². The third kappa shape index (κ3) is 11.0. The lowest BCUT2D eigenvalue weighted by Gasteiger charge is -2.08. The molecule has 3 heteroatoms. The fourth-order valence-electron chi connectivity index (χ4n) is 5.26. The van der Waals surface area contributed by atoms with E-state index in [9.17, 15) is 4.79 Å². The maximum atomic E-state index is 12.2. The first kappa shape index (κ1) is 27.4. The number of hydrogen-bond acceptors (Lipinski definition) is 3. The Hall–Kier alpha value is -2.16. The maximum absolute atomic E-state index is 12.2. The van der Waals surface area contributed by atoms with Gasteiger partial charge in [0.25, 0.3) is 0 Å². The molecule has 0 spiro atoms. The number of unbranched alkanes of at least 4 members (excludes halogenated alkanes) is 9. The van der Waals surface area contributed by atoms with Gasteiger partial charge in [-0.1, -0.05) is 103 Å². The Morgan fingerprint density at radius 2 is 1.51 bits per heavy atom. The molecule has 0 N–H and O–H groups in total. The van der Waals surface area contributed by atoms with Crippen molar-refractivity contribution in [3.8, 4) is 17.0 Å². The van der Waals surface area contributed by atoms with Crippen molar-refractivity contribution in [2.24, 2.45) is 5.92 Å². The largest absolute Gasteiger partial charge is 0.427 e. The molecule has 1 heterocycles. The van der Waals surface area contributed by atoms with Gasteiger partial charge in [0.15, 0.2) is 0 Å². The number of rotatable bonds is 17. The summed E-state index contributed by atoms with van der Waals surface area (Å²) < 4.78 is 5.54. The third-order valence-electron chi connectivity index (χ3n) is 7.49. The number of ether oxygens (including phenoxy) is 1. The molecule has 1 aliphatic rings. The van der Waals surface area contributed by atoms with Gasteiger partial charge in [-0.2, -0.15) is 0 Å². The lowest BCUT2D eigenvalue weighted by Crippen LogP contribution is -2.07. The summed E-state index contributed by atoms with van der Waals surface area (Å²) in [7, 11) is 0. The van der Waals surface area contributed by atoms with Gasteiger partial charge in [0.1, 0.15) is 5.75 Å². The van der Waals surface area contributed by atoms with Crippen LogP contribution in [0.25, 0.3) is 11.3 Å². The Kier molecular flexibility index (Phi) is 12.9. The number of benzene rings is 1. The average Bonchev–Trinajstić information content (AvgIpc) is 3.40.